The molecule has 1 heterocycles. The van der Waals surface area contributed by atoms with Gasteiger partial charge in [-0.2, -0.15) is 0 Å². The molecule has 0 unspecified atom stereocenters. The van der Waals surface area contributed by atoms with Gasteiger partial charge in [-0.25, -0.2) is 0 Å². The number of anilines is 2. The van der Waals surface area contributed by atoms with Crippen LogP contribution in [0.2, 0.25) is 0 Å². The summed E-state index contributed by atoms with van der Waals surface area (Å²) in [6.07, 6.45) is 1.08. The minimum Gasteiger partial charge on any atom is -0.397 e. The first-order chi connectivity index (χ1) is 7.63. The summed E-state index contributed by atoms with van der Waals surface area (Å²) in [5.41, 5.74) is 6.39. The zero-order valence-electron chi connectivity index (χ0n) is 10.0. The van der Waals surface area contributed by atoms with E-state index in [0.29, 0.717) is 10.6 Å². The van der Waals surface area contributed by atoms with E-state index in [4.69, 9.17) is 5.73 Å². The highest BCUT2D eigenvalue weighted by Crippen LogP contribution is 2.32. The van der Waals surface area contributed by atoms with E-state index in [0.717, 1.165) is 24.5 Å². The minimum absolute atomic E-state index is 0.110. The molecule has 0 radical (unpaired) electrons. The fourth-order valence-electron chi connectivity index (χ4n) is 1.53. The minimum atomic E-state index is -0.110. The highest BCUT2D eigenvalue weighted by molar-refractivity contribution is 7.18. The van der Waals surface area contributed by atoms with Gasteiger partial charge in [0.1, 0.15) is 4.88 Å². The molecule has 0 aliphatic rings. The Balaban J connectivity index is 2.94. The van der Waals surface area contributed by atoms with Crippen LogP contribution >= 0.6 is 11.3 Å². The molecule has 3 N–H and O–H groups in total. The molecule has 0 atom stereocenters. The van der Waals surface area contributed by atoms with Gasteiger partial charge in [0, 0.05) is 20.1 Å². The monoisotopic (exact) mass is 241 g/mol. The van der Waals surface area contributed by atoms with Crippen molar-refractivity contribution < 1.29 is 4.79 Å². The second-order valence-electron chi connectivity index (χ2n) is 3.53. The number of carbonyl (C=O) groups is 1. The Labute approximate surface area is 100 Å². The topological polar surface area (TPSA) is 58.4 Å². The van der Waals surface area contributed by atoms with Gasteiger partial charge in [-0.05, 0) is 19.4 Å². The van der Waals surface area contributed by atoms with Crippen LogP contribution in [-0.4, -0.2) is 26.0 Å². The van der Waals surface area contributed by atoms with Gasteiger partial charge < -0.3 is 16.0 Å². The molecule has 0 fully saturated rings. The Morgan fingerprint density at radius 3 is 2.75 bits per heavy atom. The third-order valence-electron chi connectivity index (χ3n) is 2.37. The number of rotatable bonds is 5. The molecule has 0 bridgehead atoms. The maximum absolute atomic E-state index is 11.5. The molecular weight excluding hydrogens is 222 g/mol. The molecule has 1 amide bonds. The molecule has 0 aliphatic carbocycles. The lowest BCUT2D eigenvalue weighted by Crippen LogP contribution is -2.22. The van der Waals surface area contributed by atoms with Crippen molar-refractivity contribution in [1.82, 2.24) is 5.32 Å². The second-order valence-corrected chi connectivity index (χ2v) is 4.56. The van der Waals surface area contributed by atoms with Crippen molar-refractivity contribution in [2.75, 3.05) is 30.8 Å². The normalized spacial score (nSPS) is 10.2. The number of thiophene rings is 1. The molecule has 5 heteroatoms. The summed E-state index contributed by atoms with van der Waals surface area (Å²) in [7, 11) is 1.62. The van der Waals surface area contributed by atoms with Crippen LogP contribution in [0, 0.1) is 0 Å². The Morgan fingerprint density at radius 1 is 1.56 bits per heavy atom. The molecule has 1 aromatic heterocycles. The van der Waals surface area contributed by atoms with Gasteiger partial charge in [-0.1, -0.05) is 6.92 Å². The Bertz CT molecular complexity index is 362. The lowest BCUT2D eigenvalue weighted by Gasteiger charge is -2.19. The highest BCUT2D eigenvalue weighted by Gasteiger charge is 2.15. The average Bonchev–Trinajstić information content (AvgIpc) is 2.67. The van der Waals surface area contributed by atoms with Gasteiger partial charge >= 0.3 is 0 Å². The predicted octanol–water partition coefficient (Wildman–Crippen LogP) is 1.93. The number of nitrogen functional groups attached to an aromatic ring is 1. The smallest absolute Gasteiger partial charge is 0.263 e. The molecule has 0 aliphatic heterocycles. The molecule has 90 valence electrons. The zero-order valence-corrected chi connectivity index (χ0v) is 10.9. The van der Waals surface area contributed by atoms with Crippen LogP contribution < -0.4 is 16.0 Å². The first kappa shape index (κ1) is 12.8. The van der Waals surface area contributed by atoms with E-state index >= 15 is 0 Å². The van der Waals surface area contributed by atoms with Crippen LogP contribution in [0.5, 0.6) is 0 Å². The van der Waals surface area contributed by atoms with Crippen molar-refractivity contribution in [2.24, 2.45) is 0 Å². The Kier molecular flexibility index (Phi) is 4.61. The quantitative estimate of drug-likeness (QED) is 0.828. The SMILES string of the molecule is CCCN(CC)c1cc(N)c(C(=O)NC)s1. The lowest BCUT2D eigenvalue weighted by molar-refractivity contribution is 0.0968. The molecule has 4 nitrogen and oxygen atoms in total. The van der Waals surface area contributed by atoms with Crippen LogP contribution in [0.1, 0.15) is 29.9 Å². The van der Waals surface area contributed by atoms with Crippen LogP contribution in [0.4, 0.5) is 10.7 Å². The third kappa shape index (κ3) is 2.66. The summed E-state index contributed by atoms with van der Waals surface area (Å²) < 4.78 is 0. The number of nitrogens with one attached hydrogen (secondary N) is 1. The fourth-order valence-corrected chi connectivity index (χ4v) is 2.65. The number of carbonyl (C=O) groups excluding carboxylic acids is 1. The molecule has 1 aromatic rings. The van der Waals surface area contributed by atoms with Gasteiger partial charge in [-0.3, -0.25) is 4.79 Å². The molecule has 16 heavy (non-hydrogen) atoms. The van der Waals surface area contributed by atoms with Crippen molar-refractivity contribution in [3.8, 4) is 0 Å². The van der Waals surface area contributed by atoms with Crippen molar-refractivity contribution >= 4 is 27.9 Å². The molecule has 1 rings (SSSR count). The van der Waals surface area contributed by atoms with Gasteiger partial charge in [-0.15, -0.1) is 11.3 Å². The first-order valence-corrected chi connectivity index (χ1v) is 6.32. The maximum Gasteiger partial charge on any atom is 0.263 e. The van der Waals surface area contributed by atoms with Crippen molar-refractivity contribution in [1.29, 1.82) is 0 Å². The third-order valence-corrected chi connectivity index (χ3v) is 3.58. The maximum atomic E-state index is 11.5. The van der Waals surface area contributed by atoms with E-state index in [1.54, 1.807) is 7.05 Å². The zero-order chi connectivity index (χ0) is 12.1. The van der Waals surface area contributed by atoms with Crippen molar-refractivity contribution in [3.63, 3.8) is 0 Å². The summed E-state index contributed by atoms with van der Waals surface area (Å²) in [6, 6.07) is 1.88. The largest absolute Gasteiger partial charge is 0.397 e. The van der Waals surface area contributed by atoms with E-state index < -0.39 is 0 Å². The molecule has 0 spiro atoms. The van der Waals surface area contributed by atoms with E-state index in [1.807, 2.05) is 6.07 Å². The van der Waals surface area contributed by atoms with Crippen molar-refractivity contribution in [3.05, 3.63) is 10.9 Å². The van der Waals surface area contributed by atoms with Crippen molar-refractivity contribution in [2.45, 2.75) is 20.3 Å². The lowest BCUT2D eigenvalue weighted by atomic mass is 10.3. The van der Waals surface area contributed by atoms with Crippen LogP contribution in [0.3, 0.4) is 0 Å². The van der Waals surface area contributed by atoms with E-state index in [1.165, 1.54) is 11.3 Å². The summed E-state index contributed by atoms with van der Waals surface area (Å²) >= 11 is 1.45. The average molecular weight is 241 g/mol. The van der Waals surface area contributed by atoms with Crippen LogP contribution in [-0.2, 0) is 0 Å². The number of hydrogen-bond acceptors (Lipinski definition) is 4. The first-order valence-electron chi connectivity index (χ1n) is 5.50. The summed E-state index contributed by atoms with van der Waals surface area (Å²) in [5.74, 6) is -0.110. The molecule has 0 aromatic carbocycles. The van der Waals surface area contributed by atoms with Gasteiger partial charge in [0.2, 0.25) is 0 Å². The predicted molar refractivity (Wildman–Crippen MR) is 70.3 cm³/mol. The van der Waals surface area contributed by atoms with E-state index in [2.05, 4.69) is 24.1 Å². The Morgan fingerprint density at radius 2 is 2.25 bits per heavy atom. The number of amides is 1. The molecule has 0 saturated carbocycles. The summed E-state index contributed by atoms with van der Waals surface area (Å²) in [5, 5.41) is 3.67. The number of nitrogens with zero attached hydrogens (tertiary/aromatic N) is 1. The van der Waals surface area contributed by atoms with Gasteiger partial charge in [0.05, 0.1) is 10.7 Å². The summed E-state index contributed by atoms with van der Waals surface area (Å²) in [6.45, 7) is 6.16. The molecule has 0 saturated heterocycles. The fraction of sp³-hybridized carbons (Fsp3) is 0.545. The standard InChI is InChI=1S/C11H19N3OS/c1-4-6-14(5-2)9-7-8(12)10(16-9)11(15)13-3/h7H,4-6,12H2,1-3H3,(H,13,15). The second kappa shape index (κ2) is 5.75. The van der Waals surface area contributed by atoms with E-state index in [-0.39, 0.29) is 5.91 Å². The van der Waals surface area contributed by atoms with Gasteiger partial charge in [0.15, 0.2) is 0 Å². The van der Waals surface area contributed by atoms with E-state index in [9.17, 15) is 4.79 Å². The van der Waals surface area contributed by atoms with Crippen LogP contribution in [0.25, 0.3) is 0 Å². The molecular formula is C11H19N3OS. The number of nitrogens with two attached hydrogens (primary N) is 1. The summed E-state index contributed by atoms with van der Waals surface area (Å²) in [4.78, 5) is 14.4. The number of hydrogen-bond donors (Lipinski definition) is 2. The van der Waals surface area contributed by atoms with Gasteiger partial charge in [0.25, 0.3) is 5.91 Å². The Hall–Kier alpha value is -1.23. The highest BCUT2D eigenvalue weighted by atomic mass is 32.1. The van der Waals surface area contributed by atoms with Crippen LogP contribution in [0.15, 0.2) is 6.07 Å².